The van der Waals surface area contributed by atoms with Crippen LogP contribution in [0.4, 0.5) is 13.2 Å². The van der Waals surface area contributed by atoms with Crippen molar-refractivity contribution in [2.24, 2.45) is 11.8 Å². The van der Waals surface area contributed by atoms with Crippen molar-refractivity contribution in [2.75, 3.05) is 6.61 Å². The van der Waals surface area contributed by atoms with Gasteiger partial charge in [0.15, 0.2) is 0 Å². The number of hydrogen-bond donors (Lipinski definition) is 1. The van der Waals surface area contributed by atoms with Gasteiger partial charge in [-0.3, -0.25) is 4.79 Å². The van der Waals surface area contributed by atoms with Crippen LogP contribution in [0.2, 0.25) is 0 Å². The molecule has 0 aliphatic heterocycles. The van der Waals surface area contributed by atoms with Gasteiger partial charge in [-0.15, -0.1) is 13.2 Å². The van der Waals surface area contributed by atoms with Gasteiger partial charge in [-0.25, -0.2) is 0 Å². The Balaban J connectivity index is 1.61. The number of aliphatic carboxylic acids is 1. The van der Waals surface area contributed by atoms with E-state index in [1.54, 1.807) is 30.3 Å². The maximum absolute atomic E-state index is 12.4. The number of ether oxygens (including phenoxy) is 2. The summed E-state index contributed by atoms with van der Waals surface area (Å²) < 4.78 is 47.1. The number of hydrogen-bond acceptors (Lipinski definition) is 3. The van der Waals surface area contributed by atoms with Crippen molar-refractivity contribution in [3.63, 3.8) is 0 Å². The Kier molecular flexibility index (Phi) is 5.62. The van der Waals surface area contributed by atoms with Gasteiger partial charge in [-0.2, -0.15) is 0 Å². The molecular formula is C23H23F3O4. The van der Waals surface area contributed by atoms with E-state index in [0.717, 1.165) is 25.7 Å². The minimum absolute atomic E-state index is 0.293. The number of carbonyl (C=O) groups is 1. The lowest BCUT2D eigenvalue weighted by molar-refractivity contribution is -0.274. The smallest absolute Gasteiger partial charge is 0.493 e. The van der Waals surface area contributed by atoms with E-state index in [1.807, 2.05) is 0 Å². The Bertz CT molecular complexity index is 900. The fraction of sp³-hybridized carbons (Fsp3) is 0.435. The van der Waals surface area contributed by atoms with Crippen molar-refractivity contribution in [3.05, 3.63) is 48.0 Å². The number of carboxylic acid groups (broad SMARTS) is 1. The van der Waals surface area contributed by atoms with Crippen molar-refractivity contribution in [3.8, 4) is 22.6 Å². The van der Waals surface area contributed by atoms with Gasteiger partial charge in [0.1, 0.15) is 11.5 Å². The van der Waals surface area contributed by atoms with Crippen LogP contribution in [-0.2, 0) is 4.79 Å². The van der Waals surface area contributed by atoms with Crippen molar-refractivity contribution >= 4 is 5.97 Å². The lowest BCUT2D eigenvalue weighted by Crippen LogP contribution is -2.16. The largest absolute Gasteiger partial charge is 0.573 e. The van der Waals surface area contributed by atoms with Crippen LogP contribution in [0.1, 0.15) is 43.6 Å². The van der Waals surface area contributed by atoms with E-state index >= 15 is 0 Å². The SMILES string of the molecule is O=C(O)C(CC1CC1)c1ccc(-c2ccc(OC(F)(F)F)cc2)c(OCC2CC2)c1. The first-order valence-electron chi connectivity index (χ1n) is 10.1. The first-order valence-corrected chi connectivity index (χ1v) is 10.1. The van der Waals surface area contributed by atoms with Crippen LogP contribution < -0.4 is 9.47 Å². The summed E-state index contributed by atoms with van der Waals surface area (Å²) in [5, 5.41) is 9.69. The van der Waals surface area contributed by atoms with E-state index in [-0.39, 0.29) is 5.75 Å². The molecule has 2 fully saturated rings. The van der Waals surface area contributed by atoms with Crippen LogP contribution in [0, 0.1) is 11.8 Å². The van der Waals surface area contributed by atoms with Gasteiger partial charge >= 0.3 is 12.3 Å². The average Bonchev–Trinajstić information content (AvgIpc) is 3.59. The lowest BCUT2D eigenvalue weighted by atomic mass is 9.91. The fourth-order valence-corrected chi connectivity index (χ4v) is 3.51. The summed E-state index contributed by atoms with van der Waals surface area (Å²) >= 11 is 0. The highest BCUT2D eigenvalue weighted by Crippen LogP contribution is 2.41. The Morgan fingerprint density at radius 1 is 1.03 bits per heavy atom. The molecule has 0 spiro atoms. The number of alkyl halides is 3. The number of carboxylic acids is 1. The molecule has 1 atom stereocenters. The molecule has 1 N–H and O–H groups in total. The van der Waals surface area contributed by atoms with E-state index in [9.17, 15) is 23.1 Å². The standard InChI is InChI=1S/C23H23F3O4/c24-23(25,26)30-18-8-5-16(6-9-18)19-10-7-17(12-21(19)29-13-15-3-4-15)20(22(27)28)11-14-1-2-14/h5-10,12,14-15,20H,1-4,11,13H2,(H,27,28). The summed E-state index contributed by atoms with van der Waals surface area (Å²) in [5.74, 6) is -0.202. The summed E-state index contributed by atoms with van der Waals surface area (Å²) in [4.78, 5) is 11.8. The highest BCUT2D eigenvalue weighted by Gasteiger charge is 2.32. The predicted octanol–water partition coefficient (Wildman–Crippen LogP) is 6.01. The van der Waals surface area contributed by atoms with Gasteiger partial charge in [-0.05, 0) is 60.4 Å². The van der Waals surface area contributed by atoms with Crippen LogP contribution >= 0.6 is 0 Å². The molecule has 160 valence electrons. The van der Waals surface area contributed by atoms with Crippen LogP contribution in [-0.4, -0.2) is 24.0 Å². The molecule has 0 radical (unpaired) electrons. The van der Waals surface area contributed by atoms with Crippen LogP contribution in [0.5, 0.6) is 11.5 Å². The number of benzene rings is 2. The fourth-order valence-electron chi connectivity index (χ4n) is 3.51. The van der Waals surface area contributed by atoms with Gasteiger partial charge in [0.2, 0.25) is 0 Å². The third-order valence-electron chi connectivity index (χ3n) is 5.54. The molecule has 4 nitrogen and oxygen atoms in total. The molecule has 4 rings (SSSR count). The molecule has 0 saturated heterocycles. The lowest BCUT2D eigenvalue weighted by Gasteiger charge is -2.17. The van der Waals surface area contributed by atoms with Gasteiger partial charge in [0, 0.05) is 5.56 Å². The van der Waals surface area contributed by atoms with Gasteiger partial charge in [-0.1, -0.05) is 37.1 Å². The second-order valence-corrected chi connectivity index (χ2v) is 8.15. The third-order valence-corrected chi connectivity index (χ3v) is 5.54. The van der Waals surface area contributed by atoms with Gasteiger partial charge in [0.25, 0.3) is 0 Å². The molecule has 2 aliphatic carbocycles. The molecule has 2 aliphatic rings. The maximum Gasteiger partial charge on any atom is 0.573 e. The van der Waals surface area contributed by atoms with Crippen LogP contribution in [0.15, 0.2) is 42.5 Å². The molecule has 1 unspecified atom stereocenters. The monoisotopic (exact) mass is 420 g/mol. The van der Waals surface area contributed by atoms with Crippen LogP contribution in [0.25, 0.3) is 11.1 Å². The first-order chi connectivity index (χ1) is 14.3. The van der Waals surface area contributed by atoms with Crippen molar-refractivity contribution in [1.82, 2.24) is 0 Å². The Hall–Kier alpha value is -2.70. The summed E-state index contributed by atoms with van der Waals surface area (Å²) in [6, 6.07) is 10.9. The molecule has 2 aromatic carbocycles. The first kappa shape index (κ1) is 20.6. The molecule has 0 heterocycles. The Labute approximate surface area is 172 Å². The molecule has 0 bridgehead atoms. The normalized spacial score (nSPS) is 17.4. The number of rotatable bonds is 9. The summed E-state index contributed by atoms with van der Waals surface area (Å²) in [6.45, 7) is 0.548. The summed E-state index contributed by atoms with van der Waals surface area (Å²) in [5.41, 5.74) is 2.09. The van der Waals surface area contributed by atoms with Crippen molar-refractivity contribution in [1.29, 1.82) is 0 Å². The molecule has 0 amide bonds. The zero-order valence-electron chi connectivity index (χ0n) is 16.3. The topological polar surface area (TPSA) is 55.8 Å². The second kappa shape index (κ2) is 8.20. The molecule has 30 heavy (non-hydrogen) atoms. The van der Waals surface area contributed by atoms with E-state index in [1.165, 1.54) is 12.1 Å². The third kappa shape index (κ3) is 5.46. The molecule has 7 heteroatoms. The molecule has 2 aromatic rings. The van der Waals surface area contributed by atoms with Crippen molar-refractivity contribution in [2.45, 2.75) is 44.4 Å². The van der Waals surface area contributed by atoms with Gasteiger partial charge < -0.3 is 14.6 Å². The quantitative estimate of drug-likeness (QED) is 0.540. The maximum atomic E-state index is 12.4. The highest BCUT2D eigenvalue weighted by atomic mass is 19.4. The van der Waals surface area contributed by atoms with Gasteiger partial charge in [0.05, 0.1) is 12.5 Å². The Morgan fingerprint density at radius 2 is 1.70 bits per heavy atom. The molecular weight excluding hydrogens is 397 g/mol. The van der Waals surface area contributed by atoms with E-state index in [0.29, 0.717) is 47.3 Å². The molecule has 2 saturated carbocycles. The van der Waals surface area contributed by atoms with E-state index in [4.69, 9.17) is 4.74 Å². The second-order valence-electron chi connectivity index (χ2n) is 8.15. The van der Waals surface area contributed by atoms with Crippen LogP contribution in [0.3, 0.4) is 0 Å². The van der Waals surface area contributed by atoms with E-state index < -0.39 is 18.2 Å². The number of halogens is 3. The minimum Gasteiger partial charge on any atom is -0.493 e. The average molecular weight is 420 g/mol. The predicted molar refractivity (Wildman–Crippen MR) is 104 cm³/mol. The zero-order chi connectivity index (χ0) is 21.3. The molecule has 0 aromatic heterocycles. The van der Waals surface area contributed by atoms with E-state index in [2.05, 4.69) is 4.74 Å². The Morgan fingerprint density at radius 3 is 2.27 bits per heavy atom. The summed E-state index contributed by atoms with van der Waals surface area (Å²) in [6.07, 6.45) is 0.226. The summed E-state index contributed by atoms with van der Waals surface area (Å²) in [7, 11) is 0. The van der Waals surface area contributed by atoms with Crippen molar-refractivity contribution < 1.29 is 32.5 Å². The minimum atomic E-state index is -4.74. The highest BCUT2D eigenvalue weighted by molar-refractivity contribution is 5.78. The zero-order valence-corrected chi connectivity index (χ0v) is 16.3.